The first kappa shape index (κ1) is 18.7. The minimum atomic E-state index is -0.373. The van der Waals surface area contributed by atoms with Crippen LogP contribution in [0.25, 0.3) is 17.1 Å². The number of nitrogens with zero attached hydrogens (tertiary/aromatic N) is 7. The Morgan fingerprint density at radius 3 is 2.66 bits per heavy atom. The number of hydrogen-bond acceptors (Lipinski definition) is 7. The summed E-state index contributed by atoms with van der Waals surface area (Å²) >= 11 is 1.22. The fourth-order valence-electron chi connectivity index (χ4n) is 2.62. The lowest BCUT2D eigenvalue weighted by molar-refractivity contribution is -0.113. The molecule has 4 aromatic rings. The number of benzene rings is 2. The van der Waals surface area contributed by atoms with Crippen molar-refractivity contribution in [3.8, 4) is 17.1 Å². The van der Waals surface area contributed by atoms with Crippen LogP contribution in [0.3, 0.4) is 0 Å². The molecule has 0 radical (unpaired) electrons. The van der Waals surface area contributed by atoms with E-state index in [1.165, 1.54) is 28.8 Å². The van der Waals surface area contributed by atoms with Gasteiger partial charge in [-0.05, 0) is 46.8 Å². The number of hydrogen-bond donors (Lipinski definition) is 1. The zero-order valence-corrected chi connectivity index (χ0v) is 16.0. The summed E-state index contributed by atoms with van der Waals surface area (Å²) in [4.78, 5) is 12.3. The smallest absolute Gasteiger partial charge is 0.234 e. The molecule has 29 heavy (non-hydrogen) atoms. The number of carbonyl (C=O) groups excluding carboxylic acids is 1. The van der Waals surface area contributed by atoms with Gasteiger partial charge in [0.25, 0.3) is 0 Å². The van der Waals surface area contributed by atoms with Crippen LogP contribution in [0, 0.1) is 5.82 Å². The second kappa shape index (κ2) is 8.19. The summed E-state index contributed by atoms with van der Waals surface area (Å²) in [6.07, 6.45) is 1.49. The van der Waals surface area contributed by atoms with Crippen molar-refractivity contribution in [1.82, 2.24) is 35.0 Å². The van der Waals surface area contributed by atoms with E-state index in [4.69, 9.17) is 0 Å². The van der Waals surface area contributed by atoms with E-state index < -0.39 is 0 Å². The van der Waals surface area contributed by atoms with E-state index in [0.717, 1.165) is 5.69 Å². The third-order valence-electron chi connectivity index (χ3n) is 4.05. The molecule has 0 aliphatic carbocycles. The van der Waals surface area contributed by atoms with E-state index in [1.54, 1.807) is 54.1 Å². The van der Waals surface area contributed by atoms with E-state index in [-0.39, 0.29) is 17.5 Å². The zero-order chi connectivity index (χ0) is 20.2. The summed E-state index contributed by atoms with van der Waals surface area (Å²) in [6.45, 7) is 0. The highest BCUT2D eigenvalue weighted by atomic mass is 32.2. The van der Waals surface area contributed by atoms with Crippen molar-refractivity contribution in [2.75, 3.05) is 11.1 Å². The third-order valence-corrected chi connectivity index (χ3v) is 5.07. The van der Waals surface area contributed by atoms with Crippen molar-refractivity contribution in [1.29, 1.82) is 0 Å². The van der Waals surface area contributed by atoms with Gasteiger partial charge in [0.05, 0.1) is 17.0 Å². The highest BCUT2D eigenvalue weighted by molar-refractivity contribution is 7.99. The van der Waals surface area contributed by atoms with Gasteiger partial charge in [-0.25, -0.2) is 9.07 Å². The first-order chi connectivity index (χ1) is 14.1. The molecule has 1 amide bonds. The molecule has 2 heterocycles. The minimum Gasteiger partial charge on any atom is -0.325 e. The predicted octanol–water partition coefficient (Wildman–Crippen LogP) is 2.33. The normalized spacial score (nSPS) is 10.8. The Morgan fingerprint density at radius 1 is 1.14 bits per heavy atom. The number of thioether (sulfide) groups is 1. The summed E-state index contributed by atoms with van der Waals surface area (Å²) in [7, 11) is 1.74. The highest BCUT2D eigenvalue weighted by Crippen LogP contribution is 2.24. The number of anilines is 1. The molecule has 0 aliphatic rings. The van der Waals surface area contributed by atoms with Crippen molar-refractivity contribution in [2.24, 2.45) is 7.05 Å². The molecule has 0 fully saturated rings. The van der Waals surface area contributed by atoms with Crippen LogP contribution in [0.2, 0.25) is 0 Å². The maximum Gasteiger partial charge on any atom is 0.234 e. The van der Waals surface area contributed by atoms with Crippen LogP contribution in [0.5, 0.6) is 0 Å². The van der Waals surface area contributed by atoms with Crippen molar-refractivity contribution in [2.45, 2.75) is 5.16 Å². The standard InChI is InChI=1S/C18H15FN8OS/c1-26-17(14-4-2-3-5-15(14)19)22-23-18(26)29-10-16(28)21-12-6-8-13(9-7-12)27-11-20-24-25-27/h2-9,11H,10H2,1H3,(H,21,28). The van der Waals surface area contributed by atoms with Gasteiger partial charge < -0.3 is 9.88 Å². The second-order valence-corrected chi connectivity index (χ2v) is 6.93. The van der Waals surface area contributed by atoms with Crippen LogP contribution < -0.4 is 5.32 Å². The number of rotatable bonds is 6. The van der Waals surface area contributed by atoms with Gasteiger partial charge in [0.2, 0.25) is 5.91 Å². The number of tetrazole rings is 1. The van der Waals surface area contributed by atoms with E-state index in [2.05, 4.69) is 31.0 Å². The molecular formula is C18H15FN8OS. The summed E-state index contributed by atoms with van der Waals surface area (Å²) in [6, 6.07) is 13.5. The molecule has 1 N–H and O–H groups in total. The number of amides is 1. The molecule has 0 saturated heterocycles. The molecule has 0 bridgehead atoms. The largest absolute Gasteiger partial charge is 0.325 e. The van der Waals surface area contributed by atoms with Crippen LogP contribution in [-0.4, -0.2) is 46.6 Å². The van der Waals surface area contributed by atoms with E-state index in [1.807, 2.05) is 0 Å². The third kappa shape index (κ3) is 4.14. The molecule has 0 unspecified atom stereocenters. The number of nitrogens with one attached hydrogen (secondary N) is 1. The van der Waals surface area contributed by atoms with E-state index >= 15 is 0 Å². The van der Waals surface area contributed by atoms with Crippen molar-refractivity contribution in [3.63, 3.8) is 0 Å². The maximum atomic E-state index is 14.0. The lowest BCUT2D eigenvalue weighted by atomic mass is 10.2. The SMILES string of the molecule is Cn1c(SCC(=O)Nc2ccc(-n3cnnn3)cc2)nnc1-c1ccccc1F. The lowest BCUT2D eigenvalue weighted by Crippen LogP contribution is -2.14. The van der Waals surface area contributed by atoms with Gasteiger partial charge in [0, 0.05) is 12.7 Å². The first-order valence-electron chi connectivity index (χ1n) is 8.52. The molecular weight excluding hydrogens is 395 g/mol. The molecule has 9 nitrogen and oxygen atoms in total. The van der Waals surface area contributed by atoms with Gasteiger partial charge in [-0.3, -0.25) is 4.79 Å². The van der Waals surface area contributed by atoms with Gasteiger partial charge in [0.15, 0.2) is 11.0 Å². The average Bonchev–Trinajstić information content (AvgIpc) is 3.38. The summed E-state index contributed by atoms with van der Waals surface area (Å²) < 4.78 is 17.2. The molecule has 11 heteroatoms. The van der Waals surface area contributed by atoms with Gasteiger partial charge in [-0.15, -0.1) is 15.3 Å². The van der Waals surface area contributed by atoms with Crippen molar-refractivity contribution in [3.05, 3.63) is 60.7 Å². The monoisotopic (exact) mass is 410 g/mol. The molecule has 4 rings (SSSR count). The Hall–Kier alpha value is -3.60. The lowest BCUT2D eigenvalue weighted by Gasteiger charge is -2.07. The van der Waals surface area contributed by atoms with Gasteiger partial charge in [0.1, 0.15) is 12.1 Å². The number of carbonyl (C=O) groups is 1. The summed E-state index contributed by atoms with van der Waals surface area (Å²) in [5.74, 6) is -0.0231. The van der Waals surface area contributed by atoms with Crippen LogP contribution >= 0.6 is 11.8 Å². The molecule has 0 atom stereocenters. The summed E-state index contributed by atoms with van der Waals surface area (Å²) in [5.41, 5.74) is 1.79. The van der Waals surface area contributed by atoms with Crippen molar-refractivity contribution < 1.29 is 9.18 Å². The molecule has 2 aromatic carbocycles. The topological polar surface area (TPSA) is 103 Å². The Morgan fingerprint density at radius 2 is 1.93 bits per heavy atom. The molecule has 0 spiro atoms. The Bertz CT molecular complexity index is 1130. The first-order valence-corrected chi connectivity index (χ1v) is 9.51. The fourth-order valence-corrected chi connectivity index (χ4v) is 3.33. The number of aromatic nitrogens is 7. The van der Waals surface area contributed by atoms with E-state index in [0.29, 0.717) is 22.2 Å². The van der Waals surface area contributed by atoms with Gasteiger partial charge in [-0.1, -0.05) is 23.9 Å². The highest BCUT2D eigenvalue weighted by Gasteiger charge is 2.15. The Kier molecular flexibility index (Phi) is 5.29. The predicted molar refractivity (Wildman–Crippen MR) is 105 cm³/mol. The van der Waals surface area contributed by atoms with Crippen LogP contribution in [0.1, 0.15) is 0 Å². The van der Waals surface area contributed by atoms with E-state index in [9.17, 15) is 9.18 Å². The quantitative estimate of drug-likeness (QED) is 0.487. The van der Waals surface area contributed by atoms with Crippen LogP contribution in [-0.2, 0) is 11.8 Å². The fraction of sp³-hybridized carbons (Fsp3) is 0.111. The zero-order valence-electron chi connectivity index (χ0n) is 15.2. The average molecular weight is 410 g/mol. The molecule has 146 valence electrons. The Balaban J connectivity index is 1.37. The molecule has 0 saturated carbocycles. The van der Waals surface area contributed by atoms with Gasteiger partial charge in [-0.2, -0.15) is 0 Å². The van der Waals surface area contributed by atoms with Crippen LogP contribution in [0.15, 0.2) is 60.0 Å². The van der Waals surface area contributed by atoms with Crippen LogP contribution in [0.4, 0.5) is 10.1 Å². The molecule has 2 aromatic heterocycles. The second-order valence-electron chi connectivity index (χ2n) is 5.98. The van der Waals surface area contributed by atoms with Crippen molar-refractivity contribution >= 4 is 23.4 Å². The Labute approximate surface area is 169 Å². The number of halogens is 1. The molecule has 0 aliphatic heterocycles. The minimum absolute atomic E-state index is 0.137. The maximum absolute atomic E-state index is 14.0. The van der Waals surface area contributed by atoms with Gasteiger partial charge >= 0.3 is 0 Å². The summed E-state index contributed by atoms with van der Waals surface area (Å²) in [5, 5.41) is 22.4.